The molecular formula is C42H75NO7. The quantitative estimate of drug-likeness (QED) is 0.0301. The van der Waals surface area contributed by atoms with Crippen LogP contribution in [0.4, 0.5) is 0 Å². The highest BCUT2D eigenvalue weighted by molar-refractivity contribution is 5.70. The smallest absolute Gasteiger partial charge is 0.307 e. The minimum absolute atomic E-state index is 0.0301. The number of hydrogen-bond acceptors (Lipinski definition) is 8. The fourth-order valence-electron chi connectivity index (χ4n) is 5.94. The molecule has 1 fully saturated rings. The van der Waals surface area contributed by atoms with E-state index in [0.29, 0.717) is 32.5 Å². The molecule has 0 spiro atoms. The highest BCUT2D eigenvalue weighted by Crippen LogP contribution is 2.13. The van der Waals surface area contributed by atoms with Crippen LogP contribution in [0.3, 0.4) is 0 Å². The lowest BCUT2D eigenvalue weighted by atomic mass is 10.1. The zero-order valence-corrected chi connectivity index (χ0v) is 32.2. The van der Waals surface area contributed by atoms with Crippen LogP contribution in [0.5, 0.6) is 0 Å². The number of β-amino-alcohol motifs (C(OH)–C–C–N with tert-alkyl or cyclic N) is 1. The number of allylic oxidation sites excluding steroid dienone is 4. The summed E-state index contributed by atoms with van der Waals surface area (Å²) in [7, 11) is 0. The lowest BCUT2D eigenvalue weighted by Gasteiger charge is -2.35. The minimum atomic E-state index is -0.405. The lowest BCUT2D eigenvalue weighted by Crippen LogP contribution is -2.51. The number of rotatable bonds is 35. The molecule has 0 saturated carbocycles. The number of esters is 3. The van der Waals surface area contributed by atoms with E-state index in [2.05, 4.69) is 38.2 Å². The first-order valence-electron chi connectivity index (χ1n) is 20.6. The van der Waals surface area contributed by atoms with Crippen LogP contribution < -0.4 is 0 Å². The minimum Gasteiger partial charge on any atom is -0.465 e. The van der Waals surface area contributed by atoms with E-state index >= 15 is 0 Å². The Morgan fingerprint density at radius 2 is 0.880 bits per heavy atom. The summed E-state index contributed by atoms with van der Waals surface area (Å²) < 4.78 is 16.5. The monoisotopic (exact) mass is 706 g/mol. The first-order chi connectivity index (χ1) is 24.4. The van der Waals surface area contributed by atoms with Crippen molar-refractivity contribution >= 4 is 17.9 Å². The van der Waals surface area contributed by atoms with Crippen LogP contribution in [0.2, 0.25) is 0 Å². The summed E-state index contributed by atoms with van der Waals surface area (Å²) in [6.07, 6.45) is 35.5. The molecular weight excluding hydrogens is 630 g/mol. The van der Waals surface area contributed by atoms with Gasteiger partial charge in [-0.2, -0.15) is 0 Å². The average Bonchev–Trinajstić information content (AvgIpc) is 3.09. The topological polar surface area (TPSA) is 102 Å². The fourth-order valence-corrected chi connectivity index (χ4v) is 5.94. The molecule has 1 heterocycles. The first kappa shape index (κ1) is 45.8. The van der Waals surface area contributed by atoms with Crippen molar-refractivity contribution in [3.8, 4) is 0 Å². The van der Waals surface area contributed by atoms with Crippen molar-refractivity contribution in [1.29, 1.82) is 0 Å². The van der Waals surface area contributed by atoms with Crippen LogP contribution in [-0.2, 0) is 28.6 Å². The van der Waals surface area contributed by atoms with Crippen LogP contribution in [-0.4, -0.2) is 73.5 Å². The Labute approximate surface area is 306 Å². The second-order valence-electron chi connectivity index (χ2n) is 14.3. The number of unbranched alkanes of at least 4 members (excludes halogenated alkanes) is 18. The van der Waals surface area contributed by atoms with Crippen molar-refractivity contribution in [1.82, 2.24) is 4.90 Å². The predicted octanol–water partition coefficient (Wildman–Crippen LogP) is 9.81. The van der Waals surface area contributed by atoms with Crippen molar-refractivity contribution in [2.24, 2.45) is 5.92 Å². The molecule has 0 radical (unpaired) electrons. The lowest BCUT2D eigenvalue weighted by molar-refractivity contribution is -0.153. The van der Waals surface area contributed by atoms with Crippen LogP contribution >= 0.6 is 0 Å². The number of carbonyl (C=O) groups is 3. The molecule has 1 N–H and O–H groups in total. The van der Waals surface area contributed by atoms with E-state index in [1.807, 2.05) is 4.90 Å². The largest absolute Gasteiger partial charge is 0.465 e. The molecule has 0 amide bonds. The molecule has 0 aromatic rings. The highest BCUT2D eigenvalue weighted by Gasteiger charge is 2.25. The van der Waals surface area contributed by atoms with Gasteiger partial charge in [0.2, 0.25) is 0 Å². The van der Waals surface area contributed by atoms with E-state index in [1.54, 1.807) is 0 Å². The summed E-state index contributed by atoms with van der Waals surface area (Å²) in [6, 6.07) is 0. The zero-order chi connectivity index (χ0) is 36.3. The third-order valence-electron chi connectivity index (χ3n) is 9.30. The Hall–Kier alpha value is -2.19. The average molecular weight is 706 g/mol. The Bertz CT molecular complexity index is 831. The Morgan fingerprint density at radius 3 is 1.26 bits per heavy atom. The predicted molar refractivity (Wildman–Crippen MR) is 204 cm³/mol. The molecule has 1 saturated heterocycles. The Morgan fingerprint density at radius 1 is 0.540 bits per heavy atom. The van der Waals surface area contributed by atoms with Gasteiger partial charge in [0.1, 0.15) is 19.8 Å². The normalized spacial score (nSPS) is 13.8. The summed E-state index contributed by atoms with van der Waals surface area (Å²) in [5.74, 6) is -1.29. The summed E-state index contributed by atoms with van der Waals surface area (Å²) in [5.41, 5.74) is 0. The van der Waals surface area contributed by atoms with Crippen molar-refractivity contribution in [2.45, 2.75) is 180 Å². The second-order valence-corrected chi connectivity index (χ2v) is 14.3. The van der Waals surface area contributed by atoms with Gasteiger partial charge in [0.05, 0.1) is 18.4 Å². The second kappa shape index (κ2) is 33.9. The molecule has 0 atom stereocenters. The molecule has 1 rings (SSSR count). The fraction of sp³-hybridized carbons (Fsp3) is 0.833. The summed E-state index contributed by atoms with van der Waals surface area (Å²) in [6.45, 7) is 6.31. The molecule has 0 aromatic carbocycles. The van der Waals surface area contributed by atoms with Crippen molar-refractivity contribution in [2.75, 3.05) is 39.5 Å². The molecule has 1 aliphatic heterocycles. The molecule has 0 aromatic heterocycles. The van der Waals surface area contributed by atoms with Crippen LogP contribution in [0.1, 0.15) is 174 Å². The molecule has 1 aliphatic rings. The SMILES string of the molecule is CCCCCC/C=C\CCCCCCCC(=O)OCC(COC(=O)CCCCCCC/C=C\CCCCCC)COC(=O)CCN1CC(O)C1. The summed E-state index contributed by atoms with van der Waals surface area (Å²) >= 11 is 0. The highest BCUT2D eigenvalue weighted by atomic mass is 16.6. The van der Waals surface area contributed by atoms with Gasteiger partial charge in [-0.05, 0) is 64.2 Å². The summed E-state index contributed by atoms with van der Waals surface area (Å²) in [5, 5.41) is 9.43. The Balaban J connectivity index is 2.23. The number of likely N-dealkylation sites (tertiary alicyclic amines) is 1. The third kappa shape index (κ3) is 29.5. The maximum absolute atomic E-state index is 12.4. The molecule has 0 aliphatic carbocycles. The van der Waals surface area contributed by atoms with E-state index < -0.39 is 5.92 Å². The van der Waals surface area contributed by atoms with Crippen LogP contribution in [0.15, 0.2) is 24.3 Å². The first-order valence-corrected chi connectivity index (χ1v) is 20.6. The van der Waals surface area contributed by atoms with Gasteiger partial charge in [-0.15, -0.1) is 0 Å². The number of aliphatic hydroxyl groups is 1. The van der Waals surface area contributed by atoms with Crippen molar-refractivity contribution in [3.05, 3.63) is 24.3 Å². The van der Waals surface area contributed by atoms with Gasteiger partial charge in [0, 0.05) is 32.5 Å². The molecule has 0 bridgehead atoms. The van der Waals surface area contributed by atoms with E-state index in [0.717, 1.165) is 51.4 Å². The molecule has 8 nitrogen and oxygen atoms in total. The third-order valence-corrected chi connectivity index (χ3v) is 9.30. The van der Waals surface area contributed by atoms with Gasteiger partial charge in [0.15, 0.2) is 0 Å². The number of aliphatic hydroxyl groups excluding tert-OH is 1. The number of nitrogens with zero attached hydrogens (tertiary/aromatic N) is 1. The number of ether oxygens (including phenoxy) is 3. The summed E-state index contributed by atoms with van der Waals surface area (Å²) in [4.78, 5) is 39.2. The standard InChI is InChI=1S/C42H75NO7/c1-3-5-7-9-11-13-15-17-19-21-23-25-27-29-40(45)48-35-38(37-50-42(47)31-32-43-33-39(44)34-43)36-49-41(46)30-28-26-24-22-20-18-16-14-12-10-8-6-4-2/h13-16,38-39,44H,3-12,17-37H2,1-2H3/b15-13-,16-14-. The van der Waals surface area contributed by atoms with Gasteiger partial charge in [0.25, 0.3) is 0 Å². The van der Waals surface area contributed by atoms with E-state index in [9.17, 15) is 19.5 Å². The van der Waals surface area contributed by atoms with Crippen LogP contribution in [0, 0.1) is 5.92 Å². The Kier molecular flexibility index (Phi) is 31.1. The molecule has 290 valence electrons. The van der Waals surface area contributed by atoms with Gasteiger partial charge in [-0.1, -0.05) is 115 Å². The molecule has 8 heteroatoms. The van der Waals surface area contributed by atoms with Gasteiger partial charge in [-0.3, -0.25) is 19.3 Å². The van der Waals surface area contributed by atoms with Crippen LogP contribution in [0.25, 0.3) is 0 Å². The number of hydrogen-bond donors (Lipinski definition) is 1. The van der Waals surface area contributed by atoms with E-state index in [4.69, 9.17) is 14.2 Å². The molecule has 50 heavy (non-hydrogen) atoms. The van der Waals surface area contributed by atoms with Gasteiger partial charge >= 0.3 is 17.9 Å². The van der Waals surface area contributed by atoms with E-state index in [1.165, 1.54) is 89.9 Å². The van der Waals surface area contributed by atoms with Crippen molar-refractivity contribution < 1.29 is 33.7 Å². The van der Waals surface area contributed by atoms with E-state index in [-0.39, 0.29) is 50.3 Å². The number of carbonyl (C=O) groups excluding carboxylic acids is 3. The van der Waals surface area contributed by atoms with Gasteiger partial charge < -0.3 is 19.3 Å². The van der Waals surface area contributed by atoms with Gasteiger partial charge in [-0.25, -0.2) is 0 Å². The zero-order valence-electron chi connectivity index (χ0n) is 32.2. The maximum Gasteiger partial charge on any atom is 0.307 e. The van der Waals surface area contributed by atoms with Crippen molar-refractivity contribution in [3.63, 3.8) is 0 Å². The maximum atomic E-state index is 12.4. The molecule has 0 unspecified atom stereocenters.